The van der Waals surface area contributed by atoms with Crippen molar-refractivity contribution in [1.29, 1.82) is 0 Å². The standard InChI is InChI=1S/C14H12ClN3O3S2/c1-9-6-7-13(22-9)23(19,20)16-8-12-17-18-14(21-12)10-4-2-3-5-11(10)15/h2-7,16H,8H2,1H3. The molecule has 2 aromatic heterocycles. The molecule has 1 aromatic carbocycles. The first kappa shape index (κ1) is 16.1. The van der Waals surface area contributed by atoms with E-state index in [1.165, 1.54) is 11.3 Å². The van der Waals surface area contributed by atoms with Crippen molar-refractivity contribution < 1.29 is 12.8 Å². The van der Waals surface area contributed by atoms with Crippen LogP contribution in [0.4, 0.5) is 0 Å². The van der Waals surface area contributed by atoms with Crippen LogP contribution in [0.5, 0.6) is 0 Å². The number of aryl methyl sites for hydroxylation is 1. The van der Waals surface area contributed by atoms with Crippen molar-refractivity contribution in [3.63, 3.8) is 0 Å². The second kappa shape index (κ2) is 6.40. The molecule has 0 atom stereocenters. The minimum absolute atomic E-state index is 0.0866. The van der Waals surface area contributed by atoms with E-state index in [2.05, 4.69) is 14.9 Å². The topological polar surface area (TPSA) is 85.1 Å². The third-order valence-corrected chi connectivity index (χ3v) is 6.19. The summed E-state index contributed by atoms with van der Waals surface area (Å²) in [6, 6.07) is 10.4. The van der Waals surface area contributed by atoms with E-state index in [4.69, 9.17) is 16.0 Å². The van der Waals surface area contributed by atoms with Gasteiger partial charge in [-0.25, -0.2) is 13.1 Å². The number of aromatic nitrogens is 2. The number of sulfonamides is 1. The van der Waals surface area contributed by atoms with Crippen LogP contribution in [-0.4, -0.2) is 18.6 Å². The quantitative estimate of drug-likeness (QED) is 0.746. The van der Waals surface area contributed by atoms with Gasteiger partial charge < -0.3 is 4.42 Å². The number of nitrogens with one attached hydrogen (secondary N) is 1. The van der Waals surface area contributed by atoms with Gasteiger partial charge in [0.15, 0.2) is 0 Å². The zero-order valence-electron chi connectivity index (χ0n) is 12.0. The number of thiophene rings is 1. The summed E-state index contributed by atoms with van der Waals surface area (Å²) in [4.78, 5) is 0.921. The fraction of sp³-hybridized carbons (Fsp3) is 0.143. The molecule has 120 valence electrons. The Morgan fingerprint density at radius 2 is 2.00 bits per heavy atom. The first-order valence-corrected chi connectivity index (χ1v) is 9.27. The van der Waals surface area contributed by atoms with Crippen LogP contribution in [0, 0.1) is 6.92 Å². The second-order valence-electron chi connectivity index (χ2n) is 4.67. The summed E-state index contributed by atoms with van der Waals surface area (Å²) in [7, 11) is -3.59. The Hall–Kier alpha value is -1.74. The largest absolute Gasteiger partial charge is 0.419 e. The lowest BCUT2D eigenvalue weighted by molar-refractivity contribution is 0.494. The van der Waals surface area contributed by atoms with E-state index in [0.717, 1.165) is 4.88 Å². The molecule has 0 saturated heterocycles. The van der Waals surface area contributed by atoms with Crippen LogP contribution in [0.25, 0.3) is 11.5 Å². The molecule has 1 N–H and O–H groups in total. The second-order valence-corrected chi connectivity index (χ2v) is 8.36. The summed E-state index contributed by atoms with van der Waals surface area (Å²) < 4.78 is 32.4. The lowest BCUT2D eigenvalue weighted by Crippen LogP contribution is -2.22. The van der Waals surface area contributed by atoms with E-state index in [0.29, 0.717) is 10.6 Å². The Labute approximate surface area is 142 Å². The lowest BCUT2D eigenvalue weighted by atomic mass is 10.2. The molecule has 0 amide bonds. The normalized spacial score (nSPS) is 11.7. The summed E-state index contributed by atoms with van der Waals surface area (Å²) in [6.07, 6.45) is 0. The summed E-state index contributed by atoms with van der Waals surface area (Å²) in [5, 5.41) is 8.21. The van der Waals surface area contributed by atoms with Crippen LogP contribution in [0.2, 0.25) is 5.02 Å². The van der Waals surface area contributed by atoms with E-state index in [1.807, 2.05) is 6.92 Å². The molecular weight excluding hydrogens is 358 g/mol. The predicted molar refractivity (Wildman–Crippen MR) is 87.8 cm³/mol. The number of rotatable bonds is 5. The van der Waals surface area contributed by atoms with Gasteiger partial charge in [0.1, 0.15) is 4.21 Å². The maximum Gasteiger partial charge on any atom is 0.250 e. The molecule has 0 saturated carbocycles. The smallest absolute Gasteiger partial charge is 0.250 e. The van der Waals surface area contributed by atoms with E-state index in [9.17, 15) is 8.42 Å². The molecule has 0 unspecified atom stereocenters. The van der Waals surface area contributed by atoms with Gasteiger partial charge in [0.25, 0.3) is 10.0 Å². The summed E-state index contributed by atoms with van der Waals surface area (Å²) in [5.74, 6) is 0.411. The molecule has 23 heavy (non-hydrogen) atoms. The Morgan fingerprint density at radius 3 is 2.70 bits per heavy atom. The molecule has 0 aliphatic rings. The average molecular weight is 370 g/mol. The highest BCUT2D eigenvalue weighted by molar-refractivity contribution is 7.91. The summed E-state index contributed by atoms with van der Waals surface area (Å²) in [5.41, 5.74) is 0.602. The molecule has 3 aromatic rings. The van der Waals surface area contributed by atoms with E-state index in [1.54, 1.807) is 36.4 Å². The Balaban J connectivity index is 1.74. The number of hydrogen-bond donors (Lipinski definition) is 1. The van der Waals surface area contributed by atoms with Crippen molar-refractivity contribution >= 4 is 33.0 Å². The Morgan fingerprint density at radius 1 is 1.22 bits per heavy atom. The SMILES string of the molecule is Cc1ccc(S(=O)(=O)NCc2nnc(-c3ccccc3Cl)o2)s1. The summed E-state index contributed by atoms with van der Waals surface area (Å²) >= 11 is 7.26. The average Bonchev–Trinajstić information content (AvgIpc) is 3.15. The highest BCUT2D eigenvalue weighted by Crippen LogP contribution is 2.26. The maximum atomic E-state index is 12.1. The minimum Gasteiger partial charge on any atom is -0.419 e. The molecule has 0 spiro atoms. The van der Waals surface area contributed by atoms with Crippen molar-refractivity contribution in [2.75, 3.05) is 0 Å². The van der Waals surface area contributed by atoms with Gasteiger partial charge in [0, 0.05) is 4.88 Å². The Bertz CT molecular complexity index is 934. The van der Waals surface area contributed by atoms with Gasteiger partial charge >= 0.3 is 0 Å². The zero-order valence-corrected chi connectivity index (χ0v) is 14.4. The summed E-state index contributed by atoms with van der Waals surface area (Å²) in [6.45, 7) is 1.76. The van der Waals surface area contributed by atoms with Crippen LogP contribution in [-0.2, 0) is 16.6 Å². The van der Waals surface area contributed by atoms with Crippen LogP contribution in [0.3, 0.4) is 0 Å². The van der Waals surface area contributed by atoms with Crippen LogP contribution in [0.1, 0.15) is 10.8 Å². The number of hydrogen-bond acceptors (Lipinski definition) is 6. The van der Waals surface area contributed by atoms with Crippen LogP contribution in [0.15, 0.2) is 45.0 Å². The van der Waals surface area contributed by atoms with Gasteiger partial charge in [-0.05, 0) is 31.2 Å². The van der Waals surface area contributed by atoms with Gasteiger partial charge in [-0.3, -0.25) is 0 Å². The van der Waals surface area contributed by atoms with Crippen molar-refractivity contribution in [2.45, 2.75) is 17.7 Å². The molecule has 2 heterocycles. The van der Waals surface area contributed by atoms with Crippen LogP contribution >= 0.6 is 22.9 Å². The number of halogens is 1. The molecule has 6 nitrogen and oxygen atoms in total. The van der Waals surface area contributed by atoms with Gasteiger partial charge in [0.05, 0.1) is 17.1 Å². The van der Waals surface area contributed by atoms with Gasteiger partial charge in [-0.1, -0.05) is 23.7 Å². The first-order valence-electron chi connectivity index (χ1n) is 6.59. The third-order valence-electron chi connectivity index (χ3n) is 2.97. The van der Waals surface area contributed by atoms with Gasteiger partial charge in [-0.15, -0.1) is 21.5 Å². The predicted octanol–water partition coefficient (Wildman–Crippen LogP) is 3.24. The highest BCUT2D eigenvalue weighted by Gasteiger charge is 2.18. The number of nitrogens with zero attached hydrogens (tertiary/aromatic N) is 2. The van der Waals surface area contributed by atoms with E-state index in [-0.39, 0.29) is 22.5 Å². The van der Waals surface area contributed by atoms with Crippen molar-refractivity contribution in [2.24, 2.45) is 0 Å². The molecule has 0 aliphatic carbocycles. The van der Waals surface area contributed by atoms with Gasteiger partial charge in [-0.2, -0.15) is 0 Å². The van der Waals surface area contributed by atoms with E-state index < -0.39 is 10.0 Å². The number of benzene rings is 1. The molecule has 0 fully saturated rings. The highest BCUT2D eigenvalue weighted by atomic mass is 35.5. The lowest BCUT2D eigenvalue weighted by Gasteiger charge is -2.01. The van der Waals surface area contributed by atoms with Crippen LogP contribution < -0.4 is 4.72 Å². The third kappa shape index (κ3) is 3.61. The molecule has 0 aliphatic heterocycles. The van der Waals surface area contributed by atoms with Gasteiger partial charge in [0.2, 0.25) is 11.8 Å². The zero-order chi connectivity index (χ0) is 16.4. The maximum absolute atomic E-state index is 12.1. The fourth-order valence-electron chi connectivity index (χ4n) is 1.85. The molecular formula is C14H12ClN3O3S2. The van der Waals surface area contributed by atoms with Crippen molar-refractivity contribution in [1.82, 2.24) is 14.9 Å². The fourth-order valence-corrected chi connectivity index (χ4v) is 4.37. The van der Waals surface area contributed by atoms with E-state index >= 15 is 0 Å². The molecule has 0 bridgehead atoms. The van der Waals surface area contributed by atoms with Crippen molar-refractivity contribution in [3.8, 4) is 11.5 Å². The molecule has 9 heteroatoms. The molecule has 3 rings (SSSR count). The monoisotopic (exact) mass is 369 g/mol. The Kier molecular flexibility index (Phi) is 4.49. The minimum atomic E-state index is -3.59. The first-order chi connectivity index (χ1) is 11.0. The van der Waals surface area contributed by atoms with Crippen molar-refractivity contribution in [3.05, 3.63) is 52.2 Å². The molecule has 0 radical (unpaired) electrons.